The molecule has 5 rings (SSSR count). The lowest BCUT2D eigenvalue weighted by Gasteiger charge is -2.48. The van der Waals surface area contributed by atoms with Gasteiger partial charge in [-0.05, 0) is 49.1 Å². The molecule has 3 heterocycles. The Morgan fingerprint density at radius 1 is 0.818 bits per heavy atom. The van der Waals surface area contributed by atoms with Crippen molar-refractivity contribution in [1.82, 2.24) is 9.80 Å². The first-order valence-electron chi connectivity index (χ1n) is 12.5. The van der Waals surface area contributed by atoms with Gasteiger partial charge in [-0.2, -0.15) is 0 Å². The van der Waals surface area contributed by atoms with E-state index in [1.165, 1.54) is 0 Å². The van der Waals surface area contributed by atoms with Gasteiger partial charge in [0.25, 0.3) is 0 Å². The first-order valence-corrected chi connectivity index (χ1v) is 12.5. The summed E-state index contributed by atoms with van der Waals surface area (Å²) >= 11 is 0. The van der Waals surface area contributed by atoms with Crippen LogP contribution in [-0.2, 0) is 14.3 Å². The summed E-state index contributed by atoms with van der Waals surface area (Å²) in [6, 6.07) is 20.5. The van der Waals surface area contributed by atoms with Crippen LogP contribution >= 0.6 is 0 Å². The average molecular weight is 447 g/mol. The van der Waals surface area contributed by atoms with Gasteiger partial charge in [-0.15, -0.1) is 0 Å². The molecule has 3 fully saturated rings. The topological polar surface area (TPSA) is 49.9 Å². The molecular weight excluding hydrogens is 412 g/mol. The highest BCUT2D eigenvalue weighted by Crippen LogP contribution is 2.36. The normalized spacial score (nSPS) is 23.9. The number of hydrogen-bond donors (Lipinski definition) is 0. The van der Waals surface area contributed by atoms with Crippen molar-refractivity contribution in [1.29, 1.82) is 0 Å². The number of rotatable bonds is 4. The monoisotopic (exact) mass is 446 g/mol. The standard InChI is InChI=1S/C28H34N2O3/c31-27(23-14-18-33-19-15-23)29-17-13-25-24(20-29)12-7-16-30(25)28(32)26(21-8-3-1-4-9-21)22-10-5-2-6-11-22/h1-6,8-11,23-26H,7,12-20H2/t24-,25+/m1/s1. The van der Waals surface area contributed by atoms with Crippen molar-refractivity contribution in [2.45, 2.75) is 44.1 Å². The Kier molecular flexibility index (Phi) is 6.77. The van der Waals surface area contributed by atoms with Crippen LogP contribution in [0.25, 0.3) is 0 Å². The minimum absolute atomic E-state index is 0.108. The highest BCUT2D eigenvalue weighted by Gasteiger charge is 2.42. The maximum atomic E-state index is 14.0. The lowest BCUT2D eigenvalue weighted by Crippen LogP contribution is -2.58. The molecule has 0 aliphatic carbocycles. The number of ether oxygens (including phenoxy) is 1. The maximum absolute atomic E-state index is 14.0. The summed E-state index contributed by atoms with van der Waals surface area (Å²) in [6.45, 7) is 3.73. The SMILES string of the molecule is O=C(C1CCOCC1)N1CC[C@H]2[C@H](CCCN2C(=O)C(c2ccccc2)c2ccccc2)C1. The maximum Gasteiger partial charge on any atom is 0.234 e. The van der Waals surface area contributed by atoms with E-state index in [1.54, 1.807) is 0 Å². The van der Waals surface area contributed by atoms with Crippen molar-refractivity contribution in [3.05, 3.63) is 71.8 Å². The van der Waals surface area contributed by atoms with Gasteiger partial charge in [-0.3, -0.25) is 9.59 Å². The predicted molar refractivity (Wildman–Crippen MR) is 128 cm³/mol. The Labute approximate surface area is 196 Å². The quantitative estimate of drug-likeness (QED) is 0.711. The Balaban J connectivity index is 1.34. The number of likely N-dealkylation sites (tertiary alicyclic amines) is 2. The molecule has 0 saturated carbocycles. The number of benzene rings is 2. The highest BCUT2D eigenvalue weighted by molar-refractivity contribution is 5.87. The molecular formula is C28H34N2O3. The molecule has 5 nitrogen and oxygen atoms in total. The highest BCUT2D eigenvalue weighted by atomic mass is 16.5. The molecule has 2 aromatic carbocycles. The number of fused-ring (bicyclic) bond motifs is 1. The molecule has 3 aliphatic rings. The minimum atomic E-state index is -0.284. The summed E-state index contributed by atoms with van der Waals surface area (Å²) in [6.07, 6.45) is 4.64. The predicted octanol–water partition coefficient (Wildman–Crippen LogP) is 4.08. The Morgan fingerprint density at radius 2 is 1.45 bits per heavy atom. The van der Waals surface area contributed by atoms with Crippen LogP contribution in [-0.4, -0.2) is 60.5 Å². The number of carbonyl (C=O) groups excluding carboxylic acids is 2. The summed E-state index contributed by atoms with van der Waals surface area (Å²) in [4.78, 5) is 31.4. The number of carbonyl (C=O) groups is 2. The number of nitrogens with zero attached hydrogens (tertiary/aromatic N) is 2. The zero-order valence-electron chi connectivity index (χ0n) is 19.3. The zero-order valence-corrected chi connectivity index (χ0v) is 19.3. The fraction of sp³-hybridized carbons (Fsp3) is 0.500. The van der Waals surface area contributed by atoms with Gasteiger partial charge in [-0.1, -0.05) is 60.7 Å². The first kappa shape index (κ1) is 22.1. The molecule has 0 aromatic heterocycles. The van der Waals surface area contributed by atoms with Crippen molar-refractivity contribution in [2.24, 2.45) is 11.8 Å². The number of hydrogen-bond acceptors (Lipinski definition) is 3. The van der Waals surface area contributed by atoms with Crippen LogP contribution in [0.2, 0.25) is 0 Å². The molecule has 33 heavy (non-hydrogen) atoms. The summed E-state index contributed by atoms with van der Waals surface area (Å²) in [5, 5.41) is 0. The van der Waals surface area contributed by atoms with Gasteiger partial charge in [0, 0.05) is 44.8 Å². The van der Waals surface area contributed by atoms with E-state index in [2.05, 4.69) is 34.1 Å². The average Bonchev–Trinajstić information content (AvgIpc) is 2.89. The summed E-state index contributed by atoms with van der Waals surface area (Å²) in [5.74, 6) is 0.690. The van der Waals surface area contributed by atoms with Crippen molar-refractivity contribution >= 4 is 11.8 Å². The van der Waals surface area contributed by atoms with E-state index in [9.17, 15) is 9.59 Å². The second kappa shape index (κ2) is 10.1. The van der Waals surface area contributed by atoms with Crippen molar-refractivity contribution in [2.75, 3.05) is 32.8 Å². The van der Waals surface area contributed by atoms with Gasteiger partial charge in [0.05, 0.1) is 5.92 Å². The number of amides is 2. The van der Waals surface area contributed by atoms with Crippen LogP contribution in [0.4, 0.5) is 0 Å². The lowest BCUT2D eigenvalue weighted by atomic mass is 9.81. The lowest BCUT2D eigenvalue weighted by molar-refractivity contribution is -0.145. The fourth-order valence-corrected chi connectivity index (χ4v) is 6.01. The van der Waals surface area contributed by atoms with Gasteiger partial charge in [-0.25, -0.2) is 0 Å². The van der Waals surface area contributed by atoms with Gasteiger partial charge >= 0.3 is 0 Å². The Bertz CT molecular complexity index is 903. The van der Waals surface area contributed by atoms with Crippen molar-refractivity contribution < 1.29 is 14.3 Å². The van der Waals surface area contributed by atoms with Gasteiger partial charge in [0.1, 0.15) is 0 Å². The van der Waals surface area contributed by atoms with Crippen LogP contribution in [0.5, 0.6) is 0 Å². The van der Waals surface area contributed by atoms with E-state index >= 15 is 0 Å². The van der Waals surface area contributed by atoms with Crippen LogP contribution in [0.3, 0.4) is 0 Å². The molecule has 0 spiro atoms. The smallest absolute Gasteiger partial charge is 0.234 e. The molecule has 2 aromatic rings. The van der Waals surface area contributed by atoms with Crippen LogP contribution < -0.4 is 0 Å². The van der Waals surface area contributed by atoms with E-state index in [0.29, 0.717) is 25.0 Å². The Hall–Kier alpha value is -2.66. The third kappa shape index (κ3) is 4.70. The van der Waals surface area contributed by atoms with E-state index in [1.807, 2.05) is 36.4 Å². The Morgan fingerprint density at radius 3 is 2.09 bits per heavy atom. The summed E-state index contributed by atoms with van der Waals surface area (Å²) in [7, 11) is 0. The summed E-state index contributed by atoms with van der Waals surface area (Å²) in [5.41, 5.74) is 2.09. The van der Waals surface area contributed by atoms with Crippen LogP contribution in [0.1, 0.15) is 49.1 Å². The molecule has 0 bridgehead atoms. The van der Waals surface area contributed by atoms with Crippen LogP contribution in [0.15, 0.2) is 60.7 Å². The third-order valence-corrected chi connectivity index (χ3v) is 7.75. The summed E-state index contributed by atoms with van der Waals surface area (Å²) < 4.78 is 5.44. The van der Waals surface area contributed by atoms with Crippen LogP contribution in [0, 0.1) is 11.8 Å². The van der Waals surface area contributed by atoms with E-state index < -0.39 is 0 Å². The third-order valence-electron chi connectivity index (χ3n) is 7.75. The molecule has 0 unspecified atom stereocenters. The molecule has 0 radical (unpaired) electrons. The largest absolute Gasteiger partial charge is 0.381 e. The molecule has 5 heteroatoms. The number of piperidine rings is 2. The van der Waals surface area contributed by atoms with E-state index in [0.717, 1.165) is 62.9 Å². The first-order chi connectivity index (χ1) is 16.2. The van der Waals surface area contributed by atoms with Gasteiger partial charge < -0.3 is 14.5 Å². The van der Waals surface area contributed by atoms with E-state index in [-0.39, 0.29) is 23.8 Å². The molecule has 3 aliphatic heterocycles. The second-order valence-corrected chi connectivity index (χ2v) is 9.72. The van der Waals surface area contributed by atoms with Crippen molar-refractivity contribution in [3.8, 4) is 0 Å². The molecule has 2 atom stereocenters. The molecule has 3 saturated heterocycles. The minimum Gasteiger partial charge on any atom is -0.381 e. The fourth-order valence-electron chi connectivity index (χ4n) is 6.01. The van der Waals surface area contributed by atoms with E-state index in [4.69, 9.17) is 4.74 Å². The van der Waals surface area contributed by atoms with Crippen molar-refractivity contribution in [3.63, 3.8) is 0 Å². The molecule has 174 valence electrons. The molecule has 0 N–H and O–H groups in total. The molecule has 2 amide bonds. The van der Waals surface area contributed by atoms with Gasteiger partial charge in [0.2, 0.25) is 11.8 Å². The second-order valence-electron chi connectivity index (χ2n) is 9.72. The zero-order chi connectivity index (χ0) is 22.6. The van der Waals surface area contributed by atoms with Gasteiger partial charge in [0.15, 0.2) is 0 Å².